The van der Waals surface area contributed by atoms with E-state index in [2.05, 4.69) is 96.8 Å². The van der Waals surface area contributed by atoms with Crippen LogP contribution < -0.4 is 4.90 Å². The Morgan fingerprint density at radius 3 is 2.00 bits per heavy atom. The average molecular weight is 313 g/mol. The van der Waals surface area contributed by atoms with Crippen molar-refractivity contribution in [3.8, 4) is 0 Å². The normalized spacial score (nSPS) is 19.3. The summed E-state index contributed by atoms with van der Waals surface area (Å²) in [6.45, 7) is 3.35. The number of rotatable bonds is 4. The maximum atomic E-state index is 2.57. The van der Waals surface area contributed by atoms with Crippen LogP contribution in [0.25, 0.3) is 0 Å². The Bertz CT molecular complexity index is 726. The van der Waals surface area contributed by atoms with E-state index in [4.69, 9.17) is 0 Å². The van der Waals surface area contributed by atoms with E-state index in [0.717, 1.165) is 13.0 Å². The van der Waals surface area contributed by atoms with Gasteiger partial charge in [0.25, 0.3) is 0 Å². The summed E-state index contributed by atoms with van der Waals surface area (Å²) in [5, 5.41) is 0. The molecule has 1 heterocycles. The van der Waals surface area contributed by atoms with Crippen molar-refractivity contribution in [2.24, 2.45) is 0 Å². The maximum absolute atomic E-state index is 2.57. The molecule has 0 radical (unpaired) electrons. The molecule has 0 aromatic heterocycles. The molecule has 1 aliphatic rings. The second-order valence-electron chi connectivity index (χ2n) is 6.71. The third kappa shape index (κ3) is 2.82. The Balaban J connectivity index is 1.65. The van der Waals surface area contributed by atoms with Crippen LogP contribution in [0.2, 0.25) is 0 Å². The van der Waals surface area contributed by atoms with Gasteiger partial charge in [-0.15, -0.1) is 0 Å². The fourth-order valence-corrected chi connectivity index (χ4v) is 3.92. The number of para-hydroxylation sites is 1. The molecule has 0 saturated carbocycles. The Morgan fingerprint density at radius 2 is 1.29 bits per heavy atom. The number of hydrogen-bond donors (Lipinski definition) is 0. The molecule has 4 rings (SSSR count). The minimum Gasteiger partial charge on any atom is -0.364 e. The third-order valence-corrected chi connectivity index (χ3v) is 5.21. The van der Waals surface area contributed by atoms with Gasteiger partial charge in [-0.3, -0.25) is 0 Å². The molecular weight excluding hydrogens is 290 g/mol. The zero-order valence-corrected chi connectivity index (χ0v) is 14.1. The first kappa shape index (κ1) is 15.0. The van der Waals surface area contributed by atoms with Crippen molar-refractivity contribution in [2.45, 2.75) is 31.8 Å². The zero-order valence-electron chi connectivity index (χ0n) is 14.1. The highest BCUT2D eigenvalue weighted by molar-refractivity contribution is 5.62. The van der Waals surface area contributed by atoms with Gasteiger partial charge < -0.3 is 4.90 Å². The summed E-state index contributed by atoms with van der Waals surface area (Å²) in [5.41, 5.74) is 5.68. The molecule has 120 valence electrons. The van der Waals surface area contributed by atoms with Gasteiger partial charge in [-0.2, -0.15) is 0 Å². The van der Waals surface area contributed by atoms with Crippen molar-refractivity contribution in [1.82, 2.24) is 0 Å². The van der Waals surface area contributed by atoms with E-state index in [9.17, 15) is 0 Å². The topological polar surface area (TPSA) is 3.24 Å². The lowest BCUT2D eigenvalue weighted by Crippen LogP contribution is -2.31. The summed E-state index contributed by atoms with van der Waals surface area (Å²) in [6.07, 6.45) is 1.10. The number of anilines is 1. The molecule has 0 bridgehead atoms. The molecule has 0 amide bonds. The molecule has 1 nitrogen and oxygen atoms in total. The lowest BCUT2D eigenvalue weighted by atomic mass is 9.89. The van der Waals surface area contributed by atoms with Gasteiger partial charge in [-0.1, -0.05) is 78.9 Å². The van der Waals surface area contributed by atoms with E-state index in [0.29, 0.717) is 12.0 Å². The zero-order chi connectivity index (χ0) is 16.4. The molecule has 0 fully saturated rings. The minimum absolute atomic E-state index is 0.503. The van der Waals surface area contributed by atoms with Crippen LogP contribution in [0.15, 0.2) is 84.9 Å². The second-order valence-corrected chi connectivity index (χ2v) is 6.71. The predicted molar refractivity (Wildman–Crippen MR) is 101 cm³/mol. The summed E-state index contributed by atoms with van der Waals surface area (Å²) >= 11 is 0. The molecular formula is C23H23N. The Kier molecular flexibility index (Phi) is 4.08. The Labute approximate surface area is 144 Å². The van der Waals surface area contributed by atoms with Gasteiger partial charge in [0, 0.05) is 24.2 Å². The first-order valence-electron chi connectivity index (χ1n) is 8.76. The van der Waals surface area contributed by atoms with E-state index >= 15 is 0 Å². The van der Waals surface area contributed by atoms with Crippen molar-refractivity contribution < 1.29 is 0 Å². The van der Waals surface area contributed by atoms with Crippen LogP contribution >= 0.6 is 0 Å². The SMILES string of the molecule is CC1C(Cc2ccccc2)c2ccccc2N1Cc1ccccc1. The van der Waals surface area contributed by atoms with Crippen molar-refractivity contribution in [2.75, 3.05) is 4.90 Å². The van der Waals surface area contributed by atoms with Gasteiger partial charge in [0.1, 0.15) is 0 Å². The number of nitrogens with zero attached hydrogens (tertiary/aromatic N) is 1. The van der Waals surface area contributed by atoms with Gasteiger partial charge in [0.2, 0.25) is 0 Å². The predicted octanol–water partition coefficient (Wildman–Crippen LogP) is 5.42. The standard InChI is InChI=1S/C23H23N/c1-18-22(16-19-10-4-2-5-11-19)21-14-8-9-15-23(21)24(18)17-20-12-6-3-7-13-20/h2-15,18,22H,16-17H2,1H3. The van der Waals surface area contributed by atoms with Crippen LogP contribution in [-0.4, -0.2) is 6.04 Å². The maximum Gasteiger partial charge on any atom is 0.0432 e. The highest BCUT2D eigenvalue weighted by atomic mass is 15.2. The molecule has 0 spiro atoms. The Morgan fingerprint density at radius 1 is 0.708 bits per heavy atom. The van der Waals surface area contributed by atoms with Crippen molar-refractivity contribution in [3.05, 3.63) is 102 Å². The lowest BCUT2D eigenvalue weighted by Gasteiger charge is -2.27. The highest BCUT2D eigenvalue weighted by Crippen LogP contribution is 2.43. The summed E-state index contributed by atoms with van der Waals surface area (Å²) < 4.78 is 0. The molecule has 1 heteroatoms. The molecule has 3 aromatic rings. The van der Waals surface area contributed by atoms with Crippen LogP contribution in [0.4, 0.5) is 5.69 Å². The summed E-state index contributed by atoms with van der Waals surface area (Å²) in [7, 11) is 0. The molecule has 3 aromatic carbocycles. The van der Waals surface area contributed by atoms with Crippen LogP contribution in [0.3, 0.4) is 0 Å². The molecule has 24 heavy (non-hydrogen) atoms. The summed E-state index contributed by atoms with van der Waals surface area (Å²) in [6, 6.07) is 31.1. The fraction of sp³-hybridized carbons (Fsp3) is 0.217. The summed E-state index contributed by atoms with van der Waals surface area (Å²) in [5.74, 6) is 0.548. The van der Waals surface area contributed by atoms with Crippen molar-refractivity contribution in [1.29, 1.82) is 0 Å². The molecule has 1 aliphatic heterocycles. The van der Waals surface area contributed by atoms with Crippen molar-refractivity contribution in [3.63, 3.8) is 0 Å². The van der Waals surface area contributed by atoms with E-state index in [1.165, 1.54) is 22.4 Å². The average Bonchev–Trinajstić information content (AvgIpc) is 2.90. The molecule has 2 unspecified atom stereocenters. The van der Waals surface area contributed by atoms with E-state index in [1.54, 1.807) is 0 Å². The number of benzene rings is 3. The molecule has 0 saturated heterocycles. The van der Waals surface area contributed by atoms with Crippen LogP contribution in [0.1, 0.15) is 29.5 Å². The summed E-state index contributed by atoms with van der Waals surface area (Å²) in [4.78, 5) is 2.57. The lowest BCUT2D eigenvalue weighted by molar-refractivity contribution is 0.554. The Hall–Kier alpha value is -2.54. The first-order chi connectivity index (χ1) is 11.8. The second kappa shape index (κ2) is 6.52. The fourth-order valence-electron chi connectivity index (χ4n) is 3.92. The van der Waals surface area contributed by atoms with Gasteiger partial charge in [-0.05, 0) is 36.1 Å². The van der Waals surface area contributed by atoms with E-state index in [1.807, 2.05) is 0 Å². The number of hydrogen-bond acceptors (Lipinski definition) is 1. The van der Waals surface area contributed by atoms with Crippen LogP contribution in [0.5, 0.6) is 0 Å². The van der Waals surface area contributed by atoms with E-state index in [-0.39, 0.29) is 0 Å². The molecule has 0 aliphatic carbocycles. The van der Waals surface area contributed by atoms with Gasteiger partial charge in [0.05, 0.1) is 0 Å². The highest BCUT2D eigenvalue weighted by Gasteiger charge is 2.35. The molecule has 0 N–H and O–H groups in total. The van der Waals surface area contributed by atoms with Crippen LogP contribution in [0, 0.1) is 0 Å². The largest absolute Gasteiger partial charge is 0.364 e. The van der Waals surface area contributed by atoms with Crippen molar-refractivity contribution >= 4 is 5.69 Å². The van der Waals surface area contributed by atoms with Gasteiger partial charge >= 0.3 is 0 Å². The van der Waals surface area contributed by atoms with Gasteiger partial charge in [-0.25, -0.2) is 0 Å². The monoisotopic (exact) mass is 313 g/mol. The van der Waals surface area contributed by atoms with Gasteiger partial charge in [0.15, 0.2) is 0 Å². The smallest absolute Gasteiger partial charge is 0.0432 e. The first-order valence-corrected chi connectivity index (χ1v) is 8.76. The molecule has 2 atom stereocenters. The van der Waals surface area contributed by atoms with E-state index < -0.39 is 0 Å². The third-order valence-electron chi connectivity index (χ3n) is 5.21. The quantitative estimate of drug-likeness (QED) is 0.621. The minimum atomic E-state index is 0.503. The number of fused-ring (bicyclic) bond motifs is 1. The van der Waals surface area contributed by atoms with Crippen LogP contribution in [-0.2, 0) is 13.0 Å².